The number of methoxy groups -OCH3 is 1. The molecule has 0 saturated heterocycles. The Morgan fingerprint density at radius 3 is 2.54 bits per heavy atom. The Morgan fingerprint density at radius 2 is 2.15 bits per heavy atom. The highest BCUT2D eigenvalue weighted by atomic mass is 35.5. The van der Waals surface area contributed by atoms with Crippen LogP contribution in [0.4, 0.5) is 0 Å². The molecule has 4 heteroatoms. The zero-order valence-electron chi connectivity index (χ0n) is 8.47. The number of amides is 1. The molecule has 0 heterocycles. The number of hydrogen-bond acceptors (Lipinski definition) is 2. The van der Waals surface area contributed by atoms with E-state index in [4.69, 9.17) is 16.3 Å². The van der Waals surface area contributed by atoms with E-state index in [1.807, 2.05) is 13.8 Å². The van der Waals surface area contributed by atoms with Crippen LogP contribution in [0.1, 0.15) is 20.3 Å². The first kappa shape index (κ1) is 12.7. The number of rotatable bonds is 6. The van der Waals surface area contributed by atoms with E-state index in [1.54, 1.807) is 7.11 Å². The molecule has 78 valence electrons. The van der Waals surface area contributed by atoms with E-state index in [1.165, 1.54) is 0 Å². The van der Waals surface area contributed by atoms with Gasteiger partial charge in [0.25, 0.3) is 0 Å². The highest BCUT2D eigenvalue weighted by Gasteiger charge is 2.13. The van der Waals surface area contributed by atoms with Crippen LogP contribution in [-0.4, -0.2) is 31.5 Å². The fourth-order valence-electron chi connectivity index (χ4n) is 0.898. The average molecular weight is 208 g/mol. The predicted octanol–water partition coefficient (Wildman–Crippen LogP) is 1.40. The molecule has 0 aromatic heterocycles. The van der Waals surface area contributed by atoms with E-state index in [0.29, 0.717) is 12.5 Å². The van der Waals surface area contributed by atoms with Crippen LogP contribution in [0.15, 0.2) is 0 Å². The highest BCUT2D eigenvalue weighted by molar-refractivity contribution is 6.17. The van der Waals surface area contributed by atoms with Gasteiger partial charge in [0, 0.05) is 18.9 Å². The molecule has 0 radical (unpaired) electrons. The van der Waals surface area contributed by atoms with Crippen molar-refractivity contribution in [3.63, 3.8) is 0 Å². The van der Waals surface area contributed by atoms with Crippen molar-refractivity contribution in [3.05, 3.63) is 0 Å². The monoisotopic (exact) mass is 207 g/mol. The third-order valence-electron chi connectivity index (χ3n) is 1.70. The topological polar surface area (TPSA) is 38.3 Å². The summed E-state index contributed by atoms with van der Waals surface area (Å²) in [5.41, 5.74) is 0. The van der Waals surface area contributed by atoms with Crippen molar-refractivity contribution in [2.45, 2.75) is 26.3 Å². The summed E-state index contributed by atoms with van der Waals surface area (Å²) >= 11 is 5.59. The second kappa shape index (κ2) is 7.15. The molecule has 0 aliphatic heterocycles. The molecule has 1 unspecified atom stereocenters. The van der Waals surface area contributed by atoms with Gasteiger partial charge in [0.2, 0.25) is 5.91 Å². The first-order valence-corrected chi connectivity index (χ1v) is 5.00. The summed E-state index contributed by atoms with van der Waals surface area (Å²) < 4.78 is 4.96. The summed E-state index contributed by atoms with van der Waals surface area (Å²) in [7, 11) is 1.61. The Morgan fingerprint density at radius 1 is 1.54 bits per heavy atom. The van der Waals surface area contributed by atoms with Crippen molar-refractivity contribution < 1.29 is 9.53 Å². The zero-order valence-corrected chi connectivity index (χ0v) is 9.23. The van der Waals surface area contributed by atoms with Crippen LogP contribution in [0.25, 0.3) is 0 Å². The number of alkyl halides is 1. The van der Waals surface area contributed by atoms with Crippen molar-refractivity contribution >= 4 is 17.5 Å². The highest BCUT2D eigenvalue weighted by Crippen LogP contribution is 1.98. The Kier molecular flexibility index (Phi) is 7.00. The van der Waals surface area contributed by atoms with Crippen molar-refractivity contribution in [1.82, 2.24) is 5.32 Å². The predicted molar refractivity (Wildman–Crippen MR) is 54.0 cm³/mol. The van der Waals surface area contributed by atoms with Gasteiger partial charge < -0.3 is 10.1 Å². The molecular formula is C9H18ClNO2. The van der Waals surface area contributed by atoms with Gasteiger partial charge in [-0.05, 0) is 6.42 Å². The minimum atomic E-state index is 0.00896. The summed E-state index contributed by atoms with van der Waals surface area (Å²) in [5, 5.41) is 2.87. The standard InChI is InChI=1S/C9H18ClNO2/c1-7(2)9(12)11-8(4-5-10)6-13-3/h7-8H,4-6H2,1-3H3,(H,11,12). The second-order valence-corrected chi connectivity index (χ2v) is 3.67. The molecular weight excluding hydrogens is 190 g/mol. The van der Waals surface area contributed by atoms with E-state index in [0.717, 1.165) is 6.42 Å². The molecule has 0 rings (SSSR count). The maximum atomic E-state index is 11.3. The van der Waals surface area contributed by atoms with Gasteiger partial charge in [0.15, 0.2) is 0 Å². The maximum Gasteiger partial charge on any atom is 0.222 e. The minimum absolute atomic E-state index is 0.00896. The number of halogens is 1. The van der Waals surface area contributed by atoms with Crippen molar-refractivity contribution in [2.24, 2.45) is 5.92 Å². The van der Waals surface area contributed by atoms with Crippen LogP contribution in [0.3, 0.4) is 0 Å². The molecule has 3 nitrogen and oxygen atoms in total. The molecule has 0 aliphatic carbocycles. The van der Waals surface area contributed by atoms with E-state index in [-0.39, 0.29) is 17.9 Å². The van der Waals surface area contributed by atoms with Crippen molar-refractivity contribution in [1.29, 1.82) is 0 Å². The lowest BCUT2D eigenvalue weighted by Crippen LogP contribution is -2.40. The number of ether oxygens (including phenoxy) is 1. The Balaban J connectivity index is 3.86. The van der Waals surface area contributed by atoms with Gasteiger partial charge in [0.05, 0.1) is 12.6 Å². The fourth-order valence-corrected chi connectivity index (χ4v) is 1.16. The van der Waals surface area contributed by atoms with E-state index >= 15 is 0 Å². The van der Waals surface area contributed by atoms with Gasteiger partial charge in [-0.2, -0.15) is 0 Å². The first-order valence-electron chi connectivity index (χ1n) is 4.47. The van der Waals surface area contributed by atoms with Crippen LogP contribution >= 0.6 is 11.6 Å². The van der Waals surface area contributed by atoms with E-state index in [2.05, 4.69) is 5.32 Å². The molecule has 0 bridgehead atoms. The fraction of sp³-hybridized carbons (Fsp3) is 0.889. The molecule has 0 aromatic carbocycles. The van der Waals surface area contributed by atoms with Crippen LogP contribution in [0.2, 0.25) is 0 Å². The molecule has 0 aliphatic rings. The van der Waals surface area contributed by atoms with Gasteiger partial charge in [0.1, 0.15) is 0 Å². The molecule has 0 saturated carbocycles. The molecule has 1 amide bonds. The third-order valence-corrected chi connectivity index (χ3v) is 1.91. The SMILES string of the molecule is COCC(CCCl)NC(=O)C(C)C. The van der Waals surface area contributed by atoms with Gasteiger partial charge >= 0.3 is 0 Å². The van der Waals surface area contributed by atoms with Crippen LogP contribution < -0.4 is 5.32 Å². The summed E-state index contributed by atoms with van der Waals surface area (Å²) in [6.45, 7) is 4.24. The quantitative estimate of drug-likeness (QED) is 0.669. The third kappa shape index (κ3) is 5.88. The lowest BCUT2D eigenvalue weighted by molar-refractivity contribution is -0.125. The summed E-state index contributed by atoms with van der Waals surface area (Å²) in [6.07, 6.45) is 0.744. The van der Waals surface area contributed by atoms with Crippen molar-refractivity contribution in [2.75, 3.05) is 19.6 Å². The van der Waals surface area contributed by atoms with Crippen molar-refractivity contribution in [3.8, 4) is 0 Å². The average Bonchev–Trinajstić information content (AvgIpc) is 2.05. The molecule has 0 fully saturated rings. The lowest BCUT2D eigenvalue weighted by Gasteiger charge is -2.17. The Hall–Kier alpha value is -0.280. The summed E-state index contributed by atoms with van der Waals surface area (Å²) in [5.74, 6) is 0.591. The minimum Gasteiger partial charge on any atom is -0.383 e. The number of carbonyl (C=O) groups is 1. The Labute approximate surface area is 84.8 Å². The first-order chi connectivity index (χ1) is 6.11. The number of nitrogens with one attached hydrogen (secondary N) is 1. The van der Waals surface area contributed by atoms with Gasteiger partial charge in [-0.15, -0.1) is 11.6 Å². The Bertz CT molecular complexity index is 145. The van der Waals surface area contributed by atoms with Crippen LogP contribution in [-0.2, 0) is 9.53 Å². The molecule has 0 aromatic rings. The van der Waals surface area contributed by atoms with Gasteiger partial charge in [-0.25, -0.2) is 0 Å². The van der Waals surface area contributed by atoms with Crippen LogP contribution in [0.5, 0.6) is 0 Å². The largest absolute Gasteiger partial charge is 0.383 e. The summed E-state index contributed by atoms with van der Waals surface area (Å²) in [6, 6.07) is 0.0393. The molecule has 13 heavy (non-hydrogen) atoms. The number of hydrogen-bond donors (Lipinski definition) is 1. The molecule has 1 N–H and O–H groups in total. The molecule has 0 spiro atoms. The maximum absolute atomic E-state index is 11.3. The van der Waals surface area contributed by atoms with Crippen LogP contribution in [0, 0.1) is 5.92 Å². The van der Waals surface area contributed by atoms with E-state index < -0.39 is 0 Å². The van der Waals surface area contributed by atoms with Gasteiger partial charge in [-0.3, -0.25) is 4.79 Å². The smallest absolute Gasteiger partial charge is 0.222 e. The summed E-state index contributed by atoms with van der Waals surface area (Å²) in [4.78, 5) is 11.3. The normalized spacial score (nSPS) is 13.0. The molecule has 1 atom stereocenters. The lowest BCUT2D eigenvalue weighted by atomic mass is 10.1. The van der Waals surface area contributed by atoms with E-state index in [9.17, 15) is 4.79 Å². The van der Waals surface area contributed by atoms with Gasteiger partial charge in [-0.1, -0.05) is 13.8 Å². The number of carbonyl (C=O) groups excluding carboxylic acids is 1. The zero-order chi connectivity index (χ0) is 10.3. The second-order valence-electron chi connectivity index (χ2n) is 3.29.